The van der Waals surface area contributed by atoms with E-state index in [0.717, 1.165) is 30.4 Å². The fourth-order valence-corrected chi connectivity index (χ4v) is 7.17. The Morgan fingerprint density at radius 1 is 0.895 bits per heavy atom. The third kappa shape index (κ3) is 16.4. The molecule has 0 aromatic rings. The highest BCUT2D eigenvalue weighted by atomic mass is 16.6. The molecule has 2 heterocycles. The molecule has 0 aliphatic carbocycles. The predicted molar refractivity (Wildman–Crippen MR) is 221 cm³/mol. The topological polar surface area (TPSA) is 177 Å². The normalized spacial score (nSPS) is 34.7. The van der Waals surface area contributed by atoms with Gasteiger partial charge in [0.15, 0.2) is 0 Å². The highest BCUT2D eigenvalue weighted by Crippen LogP contribution is 2.44. The highest BCUT2D eigenvalue weighted by molar-refractivity contribution is 5.82. The highest BCUT2D eigenvalue weighted by Gasteiger charge is 2.61. The van der Waals surface area contributed by atoms with E-state index in [1.807, 2.05) is 39.8 Å². The van der Waals surface area contributed by atoms with Crippen LogP contribution in [0.2, 0.25) is 0 Å². The van der Waals surface area contributed by atoms with E-state index in [0.29, 0.717) is 12.8 Å². The number of hydrogen-bond donors (Lipinski definition) is 5. The van der Waals surface area contributed by atoms with Crippen LogP contribution >= 0.6 is 0 Å². The number of epoxide rings is 1. The molecule has 1 saturated heterocycles. The molecule has 12 nitrogen and oxygen atoms in total. The molecule has 57 heavy (non-hydrogen) atoms. The summed E-state index contributed by atoms with van der Waals surface area (Å²) in [5, 5.41) is 55.0. The molecule has 2 aliphatic heterocycles. The van der Waals surface area contributed by atoms with Crippen LogP contribution in [0.1, 0.15) is 80.1 Å². The van der Waals surface area contributed by atoms with Crippen molar-refractivity contribution in [3.63, 3.8) is 0 Å². The average Bonchev–Trinajstić information content (AvgIpc) is 3.85. The molecule has 12 heteroatoms. The van der Waals surface area contributed by atoms with E-state index >= 15 is 0 Å². The monoisotopic (exact) mass is 805 g/mol. The van der Waals surface area contributed by atoms with Gasteiger partial charge in [-0.1, -0.05) is 106 Å². The van der Waals surface area contributed by atoms with Crippen LogP contribution in [0.4, 0.5) is 0 Å². The number of aliphatic hydroxyl groups excluding tert-OH is 5. The first-order chi connectivity index (χ1) is 27.1. The Morgan fingerprint density at radius 3 is 2.18 bits per heavy atom. The Morgan fingerprint density at radius 2 is 1.56 bits per heavy atom. The molecule has 0 radical (unpaired) electrons. The summed E-state index contributed by atoms with van der Waals surface area (Å²) in [6.07, 6.45) is 14.9. The second-order valence-corrected chi connectivity index (χ2v) is 15.6. The molecule has 0 aromatic heterocycles. The molecule has 2 aliphatic rings. The molecular formula is C45H72O12. The number of hydrogen-bond acceptors (Lipinski definition) is 12. The number of allylic oxidation sites excluding steroid dienone is 7. The lowest BCUT2D eigenvalue weighted by Crippen LogP contribution is -2.43. The number of aliphatic hydroxyl groups is 5. The van der Waals surface area contributed by atoms with Crippen molar-refractivity contribution in [3.8, 4) is 0 Å². The second kappa shape index (κ2) is 25.7. The molecule has 0 bridgehead atoms. The summed E-state index contributed by atoms with van der Waals surface area (Å²) in [5.41, 5.74) is 0.821. The zero-order valence-electron chi connectivity index (χ0n) is 35.8. The van der Waals surface area contributed by atoms with Crippen LogP contribution in [-0.2, 0) is 33.2 Å². The van der Waals surface area contributed by atoms with Crippen molar-refractivity contribution in [2.75, 3.05) is 28.4 Å². The van der Waals surface area contributed by atoms with Crippen molar-refractivity contribution < 1.29 is 58.7 Å². The van der Waals surface area contributed by atoms with Crippen molar-refractivity contribution in [1.29, 1.82) is 0 Å². The molecule has 3 unspecified atom stereocenters. The number of carbonyl (C=O) groups excluding carboxylic acids is 1. The number of cyclic esters (lactones) is 1. The van der Waals surface area contributed by atoms with Crippen molar-refractivity contribution in [3.05, 3.63) is 84.1 Å². The Hall–Kier alpha value is -2.75. The van der Waals surface area contributed by atoms with Gasteiger partial charge in [-0.15, -0.1) is 0 Å². The second-order valence-electron chi connectivity index (χ2n) is 15.6. The fraction of sp³-hybridized carbons (Fsp3) is 0.667. The smallest absolute Gasteiger partial charge is 0.331 e. The molecule has 14 atom stereocenters. The zero-order valence-corrected chi connectivity index (χ0v) is 35.8. The van der Waals surface area contributed by atoms with Crippen LogP contribution in [-0.4, -0.2) is 133 Å². The first kappa shape index (κ1) is 50.4. The third-order valence-corrected chi connectivity index (χ3v) is 10.8. The van der Waals surface area contributed by atoms with Gasteiger partial charge in [0.25, 0.3) is 0 Å². The Bertz CT molecular complexity index is 1400. The molecule has 0 spiro atoms. The minimum Gasteiger partial charge on any atom is -0.452 e. The number of esters is 1. The van der Waals surface area contributed by atoms with Gasteiger partial charge in [0.1, 0.15) is 42.2 Å². The molecule has 2 rings (SSSR count). The summed E-state index contributed by atoms with van der Waals surface area (Å²) in [7, 11) is 5.99. The summed E-state index contributed by atoms with van der Waals surface area (Å²) in [6.45, 7) is 11.5. The Kier molecular flexibility index (Phi) is 22.7. The molecule has 1 fully saturated rings. The minimum atomic E-state index is -1.14. The third-order valence-electron chi connectivity index (χ3n) is 10.8. The molecule has 5 N–H and O–H groups in total. The average molecular weight is 805 g/mol. The number of rotatable bonds is 12. The van der Waals surface area contributed by atoms with Gasteiger partial charge in [0.2, 0.25) is 0 Å². The van der Waals surface area contributed by atoms with Crippen molar-refractivity contribution in [2.45, 2.75) is 153 Å². The Balaban J connectivity index is 2.42. The van der Waals surface area contributed by atoms with Gasteiger partial charge >= 0.3 is 5.97 Å². The van der Waals surface area contributed by atoms with E-state index in [9.17, 15) is 30.3 Å². The van der Waals surface area contributed by atoms with Gasteiger partial charge in [-0.05, 0) is 58.4 Å². The SMILES string of the molecule is CCC[C@H](O)[C@@H](OC)C1OC1(C)[C@@H](O)C/C=C/[C@@H]1OC(=O)C=CC=C[C@@H](OC)[C@H](O)C=CC(C)=CC(C)CCC[C@@H](OC)[C@H](O)C=CC(C)=C[C@@H](C)[C@H](O)[C@H]1OC. The largest absolute Gasteiger partial charge is 0.452 e. The van der Waals surface area contributed by atoms with Crippen molar-refractivity contribution >= 4 is 5.97 Å². The standard InChI is InChI=1S/C45H72O12/c1-11-16-35(48)42(54-9)44-45(6,57-44)39(49)21-15-20-38-43(55-10)41(51)32(5)28-31(4)24-26-34(47)37(53-8)19-14-17-29(2)27-30(3)23-25-33(46)36(52-7)18-12-13-22-40(50)56-38/h12-13,15,18,20,22-29,32-39,41-44,46-49,51H,11,14,16-17,19,21H2,1-10H3/b18-12?,20-15+,22-13?,25-23?,26-24?,30-27?,31-28?/t29?,32-,33-,34-,35+,36-,37-,38+,39+,41+,42-,43+,44?,45?/m1/s1. The lowest BCUT2D eigenvalue weighted by Gasteiger charge is -2.30. The minimum absolute atomic E-state index is 0.111. The fourth-order valence-electron chi connectivity index (χ4n) is 7.17. The maximum absolute atomic E-state index is 13.2. The maximum Gasteiger partial charge on any atom is 0.331 e. The first-order valence-corrected chi connectivity index (χ1v) is 20.2. The summed E-state index contributed by atoms with van der Waals surface area (Å²) in [4.78, 5) is 13.2. The van der Waals surface area contributed by atoms with Crippen LogP contribution in [0.15, 0.2) is 84.1 Å². The van der Waals surface area contributed by atoms with E-state index in [2.05, 4.69) is 13.0 Å². The number of methoxy groups -OCH3 is 4. The first-order valence-electron chi connectivity index (χ1n) is 20.2. The molecule has 0 aromatic carbocycles. The summed E-state index contributed by atoms with van der Waals surface area (Å²) in [6, 6.07) is 0. The summed E-state index contributed by atoms with van der Waals surface area (Å²) in [5.74, 6) is -0.927. The van der Waals surface area contributed by atoms with Gasteiger partial charge in [-0.3, -0.25) is 0 Å². The molecule has 0 amide bonds. The van der Waals surface area contributed by atoms with Gasteiger partial charge in [0, 0.05) is 40.4 Å². The molecular weight excluding hydrogens is 732 g/mol. The van der Waals surface area contributed by atoms with E-state index < -0.39 is 84.6 Å². The van der Waals surface area contributed by atoms with Crippen LogP contribution in [0.3, 0.4) is 0 Å². The van der Waals surface area contributed by atoms with E-state index in [-0.39, 0.29) is 12.3 Å². The number of ether oxygens (including phenoxy) is 6. The van der Waals surface area contributed by atoms with Gasteiger partial charge < -0.3 is 54.0 Å². The lowest BCUT2D eigenvalue weighted by atomic mass is 9.91. The molecule has 0 saturated carbocycles. The van der Waals surface area contributed by atoms with E-state index in [4.69, 9.17) is 28.4 Å². The summed E-state index contributed by atoms with van der Waals surface area (Å²) < 4.78 is 34.1. The van der Waals surface area contributed by atoms with Gasteiger partial charge in [-0.2, -0.15) is 0 Å². The van der Waals surface area contributed by atoms with Crippen LogP contribution < -0.4 is 0 Å². The van der Waals surface area contributed by atoms with Crippen molar-refractivity contribution in [1.82, 2.24) is 0 Å². The predicted octanol–water partition coefficient (Wildman–Crippen LogP) is 5.24. The summed E-state index contributed by atoms with van der Waals surface area (Å²) >= 11 is 0. The van der Waals surface area contributed by atoms with E-state index in [1.54, 1.807) is 56.6 Å². The Labute approximate surface area is 341 Å². The number of carbonyl (C=O) groups is 1. The quantitative estimate of drug-likeness (QED) is 0.0987. The van der Waals surface area contributed by atoms with Crippen LogP contribution in [0.5, 0.6) is 0 Å². The van der Waals surface area contributed by atoms with Crippen LogP contribution in [0.25, 0.3) is 0 Å². The van der Waals surface area contributed by atoms with Gasteiger partial charge in [0.05, 0.1) is 30.5 Å². The van der Waals surface area contributed by atoms with E-state index in [1.165, 1.54) is 33.5 Å². The zero-order chi connectivity index (χ0) is 42.7. The molecule has 324 valence electrons. The van der Waals surface area contributed by atoms with Crippen LogP contribution in [0, 0.1) is 11.8 Å². The van der Waals surface area contributed by atoms with Gasteiger partial charge in [-0.25, -0.2) is 4.79 Å². The lowest BCUT2D eigenvalue weighted by molar-refractivity contribution is -0.152. The van der Waals surface area contributed by atoms with Crippen molar-refractivity contribution in [2.24, 2.45) is 11.8 Å². The maximum atomic E-state index is 13.2.